The minimum atomic E-state index is -0.404. The number of hydrogen-bond donors (Lipinski definition) is 2. The van der Waals surface area contributed by atoms with Gasteiger partial charge in [-0.1, -0.05) is 0 Å². The van der Waals surface area contributed by atoms with Crippen LogP contribution in [0, 0.1) is 11.8 Å². The molecular formula is C13H12BrN3O3. The molecule has 0 spiro atoms. The molecular weight excluding hydrogens is 326 g/mol. The fourth-order valence-corrected chi connectivity index (χ4v) is 2.87. The van der Waals surface area contributed by atoms with Crippen molar-refractivity contribution in [3.8, 4) is 0 Å². The molecule has 104 valence electrons. The molecule has 1 heterocycles. The van der Waals surface area contributed by atoms with Crippen molar-refractivity contribution >= 4 is 45.0 Å². The van der Waals surface area contributed by atoms with E-state index >= 15 is 0 Å². The average Bonchev–Trinajstić information content (AvgIpc) is 3.13. The van der Waals surface area contributed by atoms with Gasteiger partial charge in [-0.25, -0.2) is 0 Å². The van der Waals surface area contributed by atoms with Crippen molar-refractivity contribution in [3.05, 3.63) is 22.7 Å². The molecule has 0 radical (unpaired) electrons. The monoisotopic (exact) mass is 337 g/mol. The van der Waals surface area contributed by atoms with Crippen LogP contribution >= 0.6 is 15.9 Å². The van der Waals surface area contributed by atoms with Gasteiger partial charge in [0.05, 0.1) is 17.5 Å². The van der Waals surface area contributed by atoms with Gasteiger partial charge in [-0.3, -0.25) is 19.3 Å². The maximum atomic E-state index is 11.9. The third-order valence-electron chi connectivity index (χ3n) is 3.53. The highest BCUT2D eigenvalue weighted by molar-refractivity contribution is 9.10. The van der Waals surface area contributed by atoms with E-state index in [4.69, 9.17) is 5.73 Å². The van der Waals surface area contributed by atoms with E-state index in [1.165, 1.54) is 0 Å². The number of imide groups is 1. The Morgan fingerprint density at radius 3 is 2.60 bits per heavy atom. The van der Waals surface area contributed by atoms with E-state index in [2.05, 4.69) is 21.2 Å². The van der Waals surface area contributed by atoms with Gasteiger partial charge in [-0.15, -0.1) is 0 Å². The molecule has 2 atom stereocenters. The van der Waals surface area contributed by atoms with Crippen LogP contribution in [0.3, 0.4) is 0 Å². The maximum Gasteiger partial charge on any atom is 0.244 e. The summed E-state index contributed by atoms with van der Waals surface area (Å²) in [6.45, 7) is -0.235. The Balaban J connectivity index is 1.65. The standard InChI is InChI=1S/C13H12BrN3O3/c14-9-3-6(15)1-2-10(9)16-11(18)5-17-12(19)7-4-8(7)13(17)20/h1-3,7-8H,4-5,15H2,(H,16,18). The van der Waals surface area contributed by atoms with Gasteiger partial charge in [0, 0.05) is 10.2 Å². The highest BCUT2D eigenvalue weighted by atomic mass is 79.9. The molecule has 1 aromatic rings. The Hall–Kier alpha value is -1.89. The number of nitrogens with two attached hydrogens (primary N) is 1. The van der Waals surface area contributed by atoms with Crippen molar-refractivity contribution < 1.29 is 14.4 Å². The highest BCUT2D eigenvalue weighted by Crippen LogP contribution is 2.46. The van der Waals surface area contributed by atoms with Crippen LogP contribution in [0.25, 0.3) is 0 Å². The number of halogens is 1. The molecule has 2 unspecified atom stereocenters. The molecule has 0 bridgehead atoms. The molecule has 3 N–H and O–H groups in total. The molecule has 1 aliphatic heterocycles. The van der Waals surface area contributed by atoms with Crippen LogP contribution in [0.2, 0.25) is 0 Å². The topological polar surface area (TPSA) is 92.5 Å². The van der Waals surface area contributed by atoms with Gasteiger partial charge in [0.2, 0.25) is 17.7 Å². The third kappa shape index (κ3) is 2.18. The lowest BCUT2D eigenvalue weighted by atomic mass is 10.3. The first kappa shape index (κ1) is 13.1. The highest BCUT2D eigenvalue weighted by Gasteiger charge is 2.59. The van der Waals surface area contributed by atoms with Crippen molar-refractivity contribution in [3.63, 3.8) is 0 Å². The summed E-state index contributed by atoms with van der Waals surface area (Å²) in [7, 11) is 0. The van der Waals surface area contributed by atoms with Crippen LogP contribution in [-0.2, 0) is 14.4 Å². The number of fused-ring (bicyclic) bond motifs is 1. The second-order valence-electron chi connectivity index (χ2n) is 5.00. The van der Waals surface area contributed by atoms with Crippen LogP contribution in [0.1, 0.15) is 6.42 Å². The van der Waals surface area contributed by atoms with E-state index in [0.717, 1.165) is 4.90 Å². The summed E-state index contributed by atoms with van der Waals surface area (Å²) in [4.78, 5) is 36.5. The predicted octanol–water partition coefficient (Wildman–Crippen LogP) is 0.975. The summed E-state index contributed by atoms with van der Waals surface area (Å²) in [6.07, 6.45) is 0.638. The zero-order valence-electron chi connectivity index (χ0n) is 10.4. The number of likely N-dealkylation sites (tertiary alicyclic amines) is 1. The Kier molecular flexibility index (Phi) is 3.01. The summed E-state index contributed by atoms with van der Waals surface area (Å²) in [5, 5.41) is 2.65. The molecule has 1 saturated carbocycles. The van der Waals surface area contributed by atoms with Gasteiger partial charge < -0.3 is 11.1 Å². The van der Waals surface area contributed by atoms with Crippen molar-refractivity contribution in [2.75, 3.05) is 17.6 Å². The fourth-order valence-electron chi connectivity index (χ4n) is 2.37. The minimum absolute atomic E-state index is 0.182. The molecule has 1 aliphatic carbocycles. The molecule has 3 amide bonds. The molecule has 20 heavy (non-hydrogen) atoms. The van der Waals surface area contributed by atoms with E-state index in [9.17, 15) is 14.4 Å². The fraction of sp³-hybridized carbons (Fsp3) is 0.308. The SMILES string of the molecule is Nc1ccc(NC(=O)CN2C(=O)C3CC3C2=O)c(Br)c1. The number of hydrogen-bond acceptors (Lipinski definition) is 4. The molecule has 6 nitrogen and oxygen atoms in total. The lowest BCUT2D eigenvalue weighted by Gasteiger charge is -2.16. The van der Waals surface area contributed by atoms with Gasteiger partial charge in [-0.2, -0.15) is 0 Å². The number of benzene rings is 1. The Bertz CT molecular complexity index is 611. The van der Waals surface area contributed by atoms with Crippen molar-refractivity contribution in [2.45, 2.75) is 6.42 Å². The van der Waals surface area contributed by atoms with E-state index in [0.29, 0.717) is 22.3 Å². The van der Waals surface area contributed by atoms with Crippen LogP contribution in [0.15, 0.2) is 22.7 Å². The Morgan fingerprint density at radius 1 is 1.35 bits per heavy atom. The molecule has 7 heteroatoms. The first-order valence-electron chi connectivity index (χ1n) is 6.17. The van der Waals surface area contributed by atoms with Gasteiger partial charge in [0.15, 0.2) is 0 Å². The number of piperidine rings is 1. The Morgan fingerprint density at radius 2 is 2.00 bits per heavy atom. The van der Waals surface area contributed by atoms with Crippen molar-refractivity contribution in [1.82, 2.24) is 4.90 Å². The zero-order chi connectivity index (χ0) is 14.4. The smallest absolute Gasteiger partial charge is 0.244 e. The van der Waals surface area contributed by atoms with E-state index in [1.807, 2.05) is 0 Å². The number of nitrogen functional groups attached to an aromatic ring is 1. The summed E-state index contributed by atoms with van der Waals surface area (Å²) >= 11 is 3.29. The number of carbonyl (C=O) groups is 3. The van der Waals surface area contributed by atoms with Gasteiger partial charge >= 0.3 is 0 Å². The minimum Gasteiger partial charge on any atom is -0.399 e. The van der Waals surface area contributed by atoms with Gasteiger partial charge in [0.1, 0.15) is 6.54 Å². The van der Waals surface area contributed by atoms with Crippen LogP contribution < -0.4 is 11.1 Å². The molecule has 3 rings (SSSR count). The molecule has 1 saturated heterocycles. The first-order valence-corrected chi connectivity index (χ1v) is 6.97. The number of nitrogens with zero attached hydrogens (tertiary/aromatic N) is 1. The van der Waals surface area contributed by atoms with Crippen LogP contribution in [0.5, 0.6) is 0 Å². The third-order valence-corrected chi connectivity index (χ3v) is 4.18. The quantitative estimate of drug-likeness (QED) is 0.635. The lowest BCUT2D eigenvalue weighted by molar-refractivity contribution is -0.143. The maximum absolute atomic E-state index is 11.9. The molecule has 0 aromatic heterocycles. The summed E-state index contributed by atoms with van der Waals surface area (Å²) < 4.78 is 0.646. The average molecular weight is 338 g/mol. The van der Waals surface area contributed by atoms with E-state index in [1.54, 1.807) is 18.2 Å². The summed E-state index contributed by atoms with van der Waals surface area (Å²) in [5.74, 6) is -1.23. The summed E-state index contributed by atoms with van der Waals surface area (Å²) in [6, 6.07) is 4.97. The molecule has 2 fully saturated rings. The normalized spacial score (nSPS) is 23.8. The number of carbonyl (C=O) groups excluding carboxylic acids is 3. The Labute approximate surface area is 123 Å². The number of amides is 3. The van der Waals surface area contributed by atoms with E-state index < -0.39 is 5.91 Å². The van der Waals surface area contributed by atoms with Gasteiger partial charge in [-0.05, 0) is 40.5 Å². The molecule has 2 aliphatic rings. The largest absolute Gasteiger partial charge is 0.399 e. The summed E-state index contributed by atoms with van der Waals surface area (Å²) in [5.41, 5.74) is 6.73. The van der Waals surface area contributed by atoms with Crippen LogP contribution in [-0.4, -0.2) is 29.2 Å². The first-order chi connectivity index (χ1) is 9.47. The van der Waals surface area contributed by atoms with Gasteiger partial charge in [0.25, 0.3) is 0 Å². The number of nitrogens with one attached hydrogen (secondary N) is 1. The number of rotatable bonds is 3. The second-order valence-corrected chi connectivity index (χ2v) is 5.85. The number of anilines is 2. The lowest BCUT2D eigenvalue weighted by Crippen LogP contribution is -2.39. The predicted molar refractivity (Wildman–Crippen MR) is 75.5 cm³/mol. The zero-order valence-corrected chi connectivity index (χ0v) is 12.0. The van der Waals surface area contributed by atoms with Crippen LogP contribution in [0.4, 0.5) is 11.4 Å². The molecule has 1 aromatic carbocycles. The van der Waals surface area contributed by atoms with Crippen molar-refractivity contribution in [1.29, 1.82) is 0 Å². The van der Waals surface area contributed by atoms with E-state index in [-0.39, 0.29) is 30.2 Å². The van der Waals surface area contributed by atoms with Crippen molar-refractivity contribution in [2.24, 2.45) is 11.8 Å². The second kappa shape index (κ2) is 4.59.